The number of halogens is 1. The van der Waals surface area contributed by atoms with Gasteiger partial charge in [0.25, 0.3) is 0 Å². The molecule has 0 fully saturated rings. The fourth-order valence-corrected chi connectivity index (χ4v) is 4.76. The molecular formula is C23H26ClNO3S. The molecule has 6 heteroatoms. The molecule has 0 bridgehead atoms. The first-order valence-electron chi connectivity index (χ1n) is 9.70. The molecule has 154 valence electrons. The first kappa shape index (κ1) is 21.8. The normalized spacial score (nSPS) is 13.0. The molecule has 0 amide bonds. The molecule has 2 aromatic carbocycles. The Morgan fingerprint density at radius 3 is 2.48 bits per heavy atom. The van der Waals surface area contributed by atoms with Crippen molar-refractivity contribution in [3.05, 3.63) is 51.5 Å². The minimum atomic E-state index is -1.08. The lowest BCUT2D eigenvalue weighted by Crippen LogP contribution is -2.28. The van der Waals surface area contributed by atoms with Crippen LogP contribution in [-0.4, -0.2) is 21.7 Å². The molecule has 1 atom stereocenters. The third kappa shape index (κ3) is 4.80. The largest absolute Gasteiger partial charge is 0.479 e. The van der Waals surface area contributed by atoms with E-state index in [-0.39, 0.29) is 0 Å². The van der Waals surface area contributed by atoms with Crippen molar-refractivity contribution in [1.29, 1.82) is 0 Å². The number of ether oxygens (including phenoxy) is 1. The van der Waals surface area contributed by atoms with Gasteiger partial charge in [0.1, 0.15) is 0 Å². The van der Waals surface area contributed by atoms with Crippen molar-refractivity contribution in [2.75, 3.05) is 0 Å². The number of hydrogen-bond donors (Lipinski definition) is 1. The molecule has 1 aromatic heterocycles. The molecule has 0 aliphatic rings. The van der Waals surface area contributed by atoms with Crippen LogP contribution in [0.15, 0.2) is 30.3 Å². The number of nitrogens with zero attached hydrogens (tertiary/aromatic N) is 1. The Hall–Kier alpha value is -1.95. The van der Waals surface area contributed by atoms with Crippen molar-refractivity contribution in [2.24, 2.45) is 0 Å². The molecule has 0 aliphatic carbocycles. The smallest absolute Gasteiger partial charge is 0.337 e. The second-order valence-corrected chi connectivity index (χ2v) is 9.66. The van der Waals surface area contributed by atoms with Crippen LogP contribution in [0.1, 0.15) is 56.4 Å². The lowest BCUT2D eigenvalue weighted by Gasteiger charge is -2.28. The fourth-order valence-electron chi connectivity index (χ4n) is 3.41. The van der Waals surface area contributed by atoms with Crippen LogP contribution < -0.4 is 0 Å². The van der Waals surface area contributed by atoms with Gasteiger partial charge < -0.3 is 9.84 Å². The van der Waals surface area contributed by atoms with Crippen LogP contribution in [0.4, 0.5) is 0 Å². The summed E-state index contributed by atoms with van der Waals surface area (Å²) in [6, 6.07) is 9.47. The highest BCUT2D eigenvalue weighted by Crippen LogP contribution is 2.42. The molecule has 0 unspecified atom stereocenters. The van der Waals surface area contributed by atoms with Gasteiger partial charge >= 0.3 is 5.97 Å². The predicted molar refractivity (Wildman–Crippen MR) is 120 cm³/mol. The van der Waals surface area contributed by atoms with Gasteiger partial charge in [-0.25, -0.2) is 9.78 Å². The summed E-state index contributed by atoms with van der Waals surface area (Å²) in [4.78, 5) is 17.0. The number of rotatable bonds is 6. The predicted octanol–water partition coefficient (Wildman–Crippen LogP) is 6.82. The number of carboxylic acid groups (broad SMARTS) is 1. The van der Waals surface area contributed by atoms with E-state index in [9.17, 15) is 9.90 Å². The van der Waals surface area contributed by atoms with Crippen LogP contribution in [0.2, 0.25) is 5.02 Å². The van der Waals surface area contributed by atoms with E-state index < -0.39 is 17.7 Å². The van der Waals surface area contributed by atoms with Gasteiger partial charge in [-0.2, -0.15) is 0 Å². The number of fused-ring (bicyclic) bond motifs is 1. The van der Waals surface area contributed by atoms with Crippen LogP contribution in [0, 0.1) is 6.92 Å². The lowest BCUT2D eigenvalue weighted by atomic mass is 9.91. The summed E-state index contributed by atoms with van der Waals surface area (Å²) in [5.41, 5.74) is 3.59. The highest BCUT2D eigenvalue weighted by molar-refractivity contribution is 7.19. The van der Waals surface area contributed by atoms with Gasteiger partial charge in [0.2, 0.25) is 0 Å². The monoisotopic (exact) mass is 431 g/mol. The fraction of sp³-hybridized carbons (Fsp3) is 0.391. The van der Waals surface area contributed by atoms with Crippen molar-refractivity contribution in [3.8, 4) is 11.1 Å². The summed E-state index contributed by atoms with van der Waals surface area (Å²) in [6.07, 6.45) is 0.823. The maximum Gasteiger partial charge on any atom is 0.337 e. The zero-order chi connectivity index (χ0) is 21.3. The molecule has 0 aliphatic heterocycles. The SMILES string of the molecule is CCCc1nc2cc(C)c([C@H](OC(C)(C)C)C(=O)O)c(-c3ccc(Cl)cc3)c2s1. The quantitative estimate of drug-likeness (QED) is 0.465. The average Bonchev–Trinajstić information content (AvgIpc) is 3.01. The van der Waals surface area contributed by atoms with Gasteiger partial charge in [0, 0.05) is 16.1 Å². The van der Waals surface area contributed by atoms with E-state index in [1.54, 1.807) is 11.3 Å². The molecule has 1 heterocycles. The van der Waals surface area contributed by atoms with Crippen LogP contribution in [0.5, 0.6) is 0 Å². The third-order valence-electron chi connectivity index (χ3n) is 4.53. The standard InChI is InChI=1S/C23H26ClNO3S/c1-6-7-17-25-16-12-13(2)18(20(22(26)27)28-23(3,4)5)19(21(16)29-17)14-8-10-15(24)11-9-14/h8-12,20H,6-7H2,1-5H3,(H,26,27)/t20-/m0/s1. The van der Waals surface area contributed by atoms with Crippen molar-refractivity contribution in [2.45, 2.75) is 59.2 Å². The van der Waals surface area contributed by atoms with Crippen molar-refractivity contribution in [3.63, 3.8) is 0 Å². The topological polar surface area (TPSA) is 59.4 Å². The van der Waals surface area contributed by atoms with E-state index in [2.05, 4.69) is 6.92 Å². The van der Waals surface area contributed by atoms with Crippen LogP contribution >= 0.6 is 22.9 Å². The number of carbonyl (C=O) groups is 1. The Morgan fingerprint density at radius 2 is 1.93 bits per heavy atom. The maximum absolute atomic E-state index is 12.3. The van der Waals surface area contributed by atoms with Crippen LogP contribution in [0.25, 0.3) is 21.3 Å². The van der Waals surface area contributed by atoms with Gasteiger partial charge in [-0.1, -0.05) is 30.7 Å². The maximum atomic E-state index is 12.3. The van der Waals surface area contributed by atoms with Gasteiger partial charge in [-0.3, -0.25) is 0 Å². The molecule has 0 radical (unpaired) electrons. The van der Waals surface area contributed by atoms with E-state index >= 15 is 0 Å². The number of thiazole rings is 1. The number of carboxylic acids is 1. The van der Waals surface area contributed by atoms with E-state index in [1.807, 2.05) is 58.0 Å². The first-order valence-corrected chi connectivity index (χ1v) is 10.9. The summed E-state index contributed by atoms with van der Waals surface area (Å²) < 4.78 is 7.00. The summed E-state index contributed by atoms with van der Waals surface area (Å²) in [6.45, 7) is 9.65. The molecule has 4 nitrogen and oxygen atoms in total. The highest BCUT2D eigenvalue weighted by Gasteiger charge is 2.32. The van der Waals surface area contributed by atoms with Crippen LogP contribution in [0.3, 0.4) is 0 Å². The summed E-state index contributed by atoms with van der Waals surface area (Å²) >= 11 is 7.73. The molecule has 0 saturated heterocycles. The Morgan fingerprint density at radius 1 is 1.28 bits per heavy atom. The zero-order valence-electron chi connectivity index (χ0n) is 17.4. The number of aryl methyl sites for hydroxylation is 2. The number of hydrogen-bond acceptors (Lipinski definition) is 4. The van der Waals surface area contributed by atoms with Gasteiger partial charge in [0.15, 0.2) is 6.10 Å². The summed E-state index contributed by atoms with van der Waals surface area (Å²) in [5.74, 6) is -1.00. The number of benzene rings is 2. The summed E-state index contributed by atoms with van der Waals surface area (Å²) in [7, 11) is 0. The highest BCUT2D eigenvalue weighted by atomic mass is 35.5. The van der Waals surface area contributed by atoms with Gasteiger partial charge in [0.05, 0.1) is 20.8 Å². The Bertz CT molecular complexity index is 1030. The number of aliphatic carboxylic acids is 1. The molecular weight excluding hydrogens is 406 g/mol. The Labute approximate surface area is 180 Å². The van der Waals surface area contributed by atoms with Crippen LogP contribution in [-0.2, 0) is 16.0 Å². The van der Waals surface area contributed by atoms with Crippen molar-refractivity contribution >= 4 is 39.1 Å². The molecule has 3 rings (SSSR count). The molecule has 0 saturated carbocycles. The third-order valence-corrected chi connectivity index (χ3v) is 5.93. The number of aromatic nitrogens is 1. The van der Waals surface area contributed by atoms with E-state index in [1.165, 1.54) is 0 Å². The lowest BCUT2D eigenvalue weighted by molar-refractivity contribution is -0.160. The van der Waals surface area contributed by atoms with Crippen molar-refractivity contribution < 1.29 is 14.6 Å². The van der Waals surface area contributed by atoms with E-state index in [4.69, 9.17) is 21.3 Å². The first-order chi connectivity index (χ1) is 13.6. The molecule has 3 aromatic rings. The van der Waals surface area contributed by atoms with E-state index in [0.717, 1.165) is 44.8 Å². The zero-order valence-corrected chi connectivity index (χ0v) is 18.9. The molecule has 0 spiro atoms. The summed E-state index contributed by atoms with van der Waals surface area (Å²) in [5, 5.41) is 11.7. The van der Waals surface area contributed by atoms with E-state index in [0.29, 0.717) is 10.6 Å². The molecule has 29 heavy (non-hydrogen) atoms. The van der Waals surface area contributed by atoms with Gasteiger partial charge in [-0.15, -0.1) is 11.3 Å². The van der Waals surface area contributed by atoms with Gasteiger partial charge in [-0.05, 0) is 69.9 Å². The second-order valence-electron chi connectivity index (χ2n) is 8.14. The second kappa shape index (κ2) is 8.42. The Kier molecular flexibility index (Phi) is 6.32. The minimum absolute atomic E-state index is 0.608. The minimum Gasteiger partial charge on any atom is -0.479 e. The molecule has 1 N–H and O–H groups in total. The average molecular weight is 432 g/mol. The Balaban J connectivity index is 2.35. The van der Waals surface area contributed by atoms with Crippen molar-refractivity contribution in [1.82, 2.24) is 4.98 Å².